The Kier molecular flexibility index (Phi) is 4.57. The Hall–Kier alpha value is -2.74. The molecule has 0 unspecified atom stereocenters. The van der Waals surface area contributed by atoms with Crippen molar-refractivity contribution in [2.75, 3.05) is 13.2 Å². The van der Waals surface area contributed by atoms with Crippen LogP contribution in [0.4, 0.5) is 0 Å². The molecule has 0 spiro atoms. The van der Waals surface area contributed by atoms with Crippen molar-refractivity contribution in [2.24, 2.45) is 0 Å². The minimum absolute atomic E-state index is 0.227. The van der Waals surface area contributed by atoms with Crippen LogP contribution in [0.25, 0.3) is 11.3 Å². The molecule has 1 N–H and O–H groups in total. The summed E-state index contributed by atoms with van der Waals surface area (Å²) in [5.74, 6) is 1.70. The van der Waals surface area contributed by atoms with Crippen LogP contribution in [0.1, 0.15) is 43.7 Å². The molecule has 5 nitrogen and oxygen atoms in total. The summed E-state index contributed by atoms with van der Waals surface area (Å²) >= 11 is 0. The number of nitriles is 1. The van der Waals surface area contributed by atoms with Crippen LogP contribution in [0, 0.1) is 11.3 Å². The number of H-pyrrole nitrogens is 1. The topological polar surface area (TPSA) is 75.1 Å². The molecule has 5 heteroatoms. The van der Waals surface area contributed by atoms with Gasteiger partial charge in [-0.2, -0.15) is 5.26 Å². The lowest BCUT2D eigenvalue weighted by Gasteiger charge is -2.14. The average molecular weight is 324 g/mol. The number of rotatable bonds is 6. The first kappa shape index (κ1) is 16.1. The molecule has 0 saturated heterocycles. The molecule has 1 aliphatic carbocycles. The fourth-order valence-corrected chi connectivity index (χ4v) is 2.81. The Morgan fingerprint density at radius 2 is 1.96 bits per heavy atom. The molecule has 124 valence electrons. The van der Waals surface area contributed by atoms with Crippen molar-refractivity contribution in [1.29, 1.82) is 5.26 Å². The van der Waals surface area contributed by atoms with E-state index in [1.807, 2.05) is 44.2 Å². The van der Waals surface area contributed by atoms with E-state index in [0.717, 1.165) is 29.7 Å². The van der Waals surface area contributed by atoms with Crippen molar-refractivity contribution in [3.8, 4) is 28.8 Å². The quantitative estimate of drug-likeness (QED) is 0.881. The summed E-state index contributed by atoms with van der Waals surface area (Å²) in [6, 6.07) is 9.51. The largest absolute Gasteiger partial charge is 0.494 e. The van der Waals surface area contributed by atoms with E-state index in [-0.39, 0.29) is 11.1 Å². The first-order chi connectivity index (χ1) is 11.7. The van der Waals surface area contributed by atoms with Gasteiger partial charge in [0.15, 0.2) is 0 Å². The monoisotopic (exact) mass is 324 g/mol. The third-order valence-electron chi connectivity index (χ3n) is 4.05. The summed E-state index contributed by atoms with van der Waals surface area (Å²) in [7, 11) is 0. The van der Waals surface area contributed by atoms with E-state index in [9.17, 15) is 10.1 Å². The molecule has 3 rings (SSSR count). The fourth-order valence-electron chi connectivity index (χ4n) is 2.81. The molecular formula is C19H20N2O3. The van der Waals surface area contributed by atoms with Gasteiger partial charge in [-0.25, -0.2) is 0 Å². The summed E-state index contributed by atoms with van der Waals surface area (Å²) in [5.41, 5.74) is 2.20. The van der Waals surface area contributed by atoms with E-state index < -0.39 is 0 Å². The van der Waals surface area contributed by atoms with Crippen molar-refractivity contribution in [1.82, 2.24) is 4.98 Å². The average Bonchev–Trinajstić information content (AvgIpc) is 3.40. The number of aromatic amines is 1. The standard InChI is InChI=1S/C19H20N2O3/c1-3-23-13-7-8-14(18(9-13)24-4-2)17-10-15(12-5-6-12)16(11-20)19(22)21-17/h7-10,12H,3-6H2,1-2H3,(H,21,22). The smallest absolute Gasteiger partial charge is 0.266 e. The highest BCUT2D eigenvalue weighted by atomic mass is 16.5. The summed E-state index contributed by atoms with van der Waals surface area (Å²) < 4.78 is 11.2. The first-order valence-electron chi connectivity index (χ1n) is 8.25. The molecule has 1 saturated carbocycles. The van der Waals surface area contributed by atoms with Gasteiger partial charge in [0.25, 0.3) is 5.56 Å². The van der Waals surface area contributed by atoms with Crippen LogP contribution in [-0.4, -0.2) is 18.2 Å². The Bertz CT molecular complexity index is 845. The summed E-state index contributed by atoms with van der Waals surface area (Å²) in [6.07, 6.45) is 2.05. The molecule has 1 fully saturated rings. The van der Waals surface area contributed by atoms with E-state index >= 15 is 0 Å². The number of pyridine rings is 1. The van der Waals surface area contributed by atoms with E-state index in [0.29, 0.717) is 30.6 Å². The zero-order chi connectivity index (χ0) is 17.1. The molecule has 1 aliphatic rings. The highest BCUT2D eigenvalue weighted by Crippen LogP contribution is 2.42. The zero-order valence-electron chi connectivity index (χ0n) is 13.9. The molecule has 0 radical (unpaired) electrons. The van der Waals surface area contributed by atoms with Crippen molar-refractivity contribution in [3.63, 3.8) is 0 Å². The van der Waals surface area contributed by atoms with Gasteiger partial charge in [-0.3, -0.25) is 4.79 Å². The molecule has 1 aromatic carbocycles. The normalized spacial score (nSPS) is 13.4. The van der Waals surface area contributed by atoms with Crippen LogP contribution in [0.3, 0.4) is 0 Å². The van der Waals surface area contributed by atoms with E-state index in [2.05, 4.69) is 4.98 Å². The van der Waals surface area contributed by atoms with Crippen LogP contribution in [0.15, 0.2) is 29.1 Å². The Morgan fingerprint density at radius 1 is 1.21 bits per heavy atom. The van der Waals surface area contributed by atoms with Gasteiger partial charge in [0.05, 0.1) is 18.9 Å². The van der Waals surface area contributed by atoms with Crippen molar-refractivity contribution < 1.29 is 9.47 Å². The Labute approximate surface area is 140 Å². The number of hydrogen-bond donors (Lipinski definition) is 1. The van der Waals surface area contributed by atoms with E-state index in [1.165, 1.54) is 0 Å². The van der Waals surface area contributed by atoms with Gasteiger partial charge in [-0.15, -0.1) is 0 Å². The number of nitrogens with one attached hydrogen (secondary N) is 1. The number of hydrogen-bond acceptors (Lipinski definition) is 4. The SMILES string of the molecule is CCOc1ccc(-c2cc(C3CC3)c(C#N)c(=O)[nH]2)c(OCC)c1. The van der Waals surface area contributed by atoms with E-state index in [1.54, 1.807) is 0 Å². The maximum atomic E-state index is 12.3. The molecule has 1 heterocycles. The van der Waals surface area contributed by atoms with Crippen molar-refractivity contribution >= 4 is 0 Å². The van der Waals surface area contributed by atoms with Crippen LogP contribution in [0.2, 0.25) is 0 Å². The highest BCUT2D eigenvalue weighted by molar-refractivity contribution is 5.70. The number of aromatic nitrogens is 1. The predicted molar refractivity (Wildman–Crippen MR) is 91.5 cm³/mol. The maximum absolute atomic E-state index is 12.3. The van der Waals surface area contributed by atoms with Gasteiger partial charge in [-0.1, -0.05) is 0 Å². The Balaban J connectivity index is 2.11. The summed E-state index contributed by atoms with van der Waals surface area (Å²) in [4.78, 5) is 15.1. The second-order valence-electron chi connectivity index (χ2n) is 5.75. The number of benzene rings is 1. The van der Waals surface area contributed by atoms with Gasteiger partial charge in [0, 0.05) is 11.6 Å². The third-order valence-corrected chi connectivity index (χ3v) is 4.05. The van der Waals surface area contributed by atoms with Gasteiger partial charge in [0.1, 0.15) is 23.1 Å². The minimum atomic E-state index is -0.340. The number of ether oxygens (including phenoxy) is 2. The molecule has 0 amide bonds. The second kappa shape index (κ2) is 6.79. The lowest BCUT2D eigenvalue weighted by Crippen LogP contribution is -2.14. The van der Waals surface area contributed by atoms with Crippen LogP contribution < -0.4 is 15.0 Å². The molecule has 0 bridgehead atoms. The minimum Gasteiger partial charge on any atom is -0.494 e. The lowest BCUT2D eigenvalue weighted by atomic mass is 10.0. The second-order valence-corrected chi connectivity index (χ2v) is 5.75. The third kappa shape index (κ3) is 3.13. The summed E-state index contributed by atoms with van der Waals surface area (Å²) in [6.45, 7) is 4.92. The number of nitrogens with zero attached hydrogens (tertiary/aromatic N) is 1. The molecule has 2 aromatic rings. The van der Waals surface area contributed by atoms with Crippen molar-refractivity contribution in [2.45, 2.75) is 32.6 Å². The molecule has 0 atom stereocenters. The molecular weight excluding hydrogens is 304 g/mol. The van der Waals surface area contributed by atoms with Gasteiger partial charge < -0.3 is 14.5 Å². The first-order valence-corrected chi connectivity index (χ1v) is 8.25. The lowest BCUT2D eigenvalue weighted by molar-refractivity contribution is 0.324. The predicted octanol–water partition coefficient (Wildman–Crippen LogP) is 3.59. The van der Waals surface area contributed by atoms with Crippen LogP contribution >= 0.6 is 0 Å². The Morgan fingerprint density at radius 3 is 2.58 bits per heavy atom. The molecule has 1 aromatic heterocycles. The van der Waals surface area contributed by atoms with E-state index in [4.69, 9.17) is 9.47 Å². The van der Waals surface area contributed by atoms with Gasteiger partial charge >= 0.3 is 0 Å². The molecule has 0 aliphatic heterocycles. The maximum Gasteiger partial charge on any atom is 0.266 e. The highest BCUT2D eigenvalue weighted by Gasteiger charge is 2.28. The zero-order valence-corrected chi connectivity index (χ0v) is 13.9. The van der Waals surface area contributed by atoms with Crippen LogP contribution in [0.5, 0.6) is 11.5 Å². The van der Waals surface area contributed by atoms with Crippen LogP contribution in [-0.2, 0) is 0 Å². The van der Waals surface area contributed by atoms with Gasteiger partial charge in [0.2, 0.25) is 0 Å². The molecule has 24 heavy (non-hydrogen) atoms. The fraction of sp³-hybridized carbons (Fsp3) is 0.368. The van der Waals surface area contributed by atoms with Crippen molar-refractivity contribution in [3.05, 3.63) is 45.7 Å². The van der Waals surface area contributed by atoms with Gasteiger partial charge in [-0.05, 0) is 56.4 Å². The summed E-state index contributed by atoms with van der Waals surface area (Å²) in [5, 5.41) is 9.26.